The Bertz CT molecular complexity index is 1080. The first-order valence-corrected chi connectivity index (χ1v) is 9.59. The minimum absolute atomic E-state index is 0.171. The van der Waals surface area contributed by atoms with Crippen LogP contribution in [0.25, 0.3) is 10.2 Å². The predicted molar refractivity (Wildman–Crippen MR) is 111 cm³/mol. The van der Waals surface area contributed by atoms with Gasteiger partial charge in [-0.1, -0.05) is 47.7 Å². The number of carbonyl (C=O) groups excluding carboxylic acids is 1. The third kappa shape index (κ3) is 3.47. The highest BCUT2D eigenvalue weighted by molar-refractivity contribution is 9.10. The number of amides is 1. The molecule has 0 bridgehead atoms. The highest BCUT2D eigenvalue weighted by atomic mass is 79.9. The van der Waals surface area contributed by atoms with E-state index in [4.69, 9.17) is 0 Å². The average Bonchev–Trinajstić information content (AvgIpc) is 3.06. The molecule has 0 aliphatic heterocycles. The van der Waals surface area contributed by atoms with Crippen molar-refractivity contribution in [1.82, 2.24) is 4.98 Å². The highest BCUT2D eigenvalue weighted by Crippen LogP contribution is 2.33. The van der Waals surface area contributed by atoms with Gasteiger partial charge in [0.2, 0.25) is 0 Å². The number of rotatable bonds is 4. The zero-order valence-electron chi connectivity index (χ0n) is 13.6. The molecule has 0 spiro atoms. The molecule has 2 N–H and O–H groups in total. The maximum Gasteiger partial charge on any atom is 0.256 e. The molecule has 4 aromatic rings. The second-order valence-corrected chi connectivity index (χ2v) is 7.48. The van der Waals surface area contributed by atoms with Gasteiger partial charge in [0.25, 0.3) is 5.91 Å². The van der Waals surface area contributed by atoms with Crippen molar-refractivity contribution in [1.29, 1.82) is 0 Å². The van der Waals surface area contributed by atoms with Crippen molar-refractivity contribution in [2.75, 3.05) is 10.6 Å². The van der Waals surface area contributed by atoms with Crippen LogP contribution in [0, 0.1) is 0 Å². The molecule has 0 radical (unpaired) electrons. The summed E-state index contributed by atoms with van der Waals surface area (Å²) in [5.41, 5.74) is 3.03. The number of benzene rings is 3. The Morgan fingerprint density at radius 3 is 2.50 bits per heavy atom. The van der Waals surface area contributed by atoms with Gasteiger partial charge in [0.1, 0.15) is 5.52 Å². The number of carbonyl (C=O) groups is 1. The van der Waals surface area contributed by atoms with Crippen LogP contribution >= 0.6 is 27.3 Å². The molecule has 1 aromatic heterocycles. The van der Waals surface area contributed by atoms with Crippen molar-refractivity contribution < 1.29 is 4.79 Å². The Hall–Kier alpha value is -2.70. The average molecular weight is 424 g/mol. The van der Waals surface area contributed by atoms with E-state index in [1.807, 2.05) is 66.7 Å². The van der Waals surface area contributed by atoms with Crippen LogP contribution in [0.4, 0.5) is 16.5 Å². The Labute approximate surface area is 163 Å². The van der Waals surface area contributed by atoms with Gasteiger partial charge in [-0.3, -0.25) is 4.79 Å². The lowest BCUT2D eigenvalue weighted by molar-refractivity contribution is 0.102. The normalized spacial score (nSPS) is 10.7. The van der Waals surface area contributed by atoms with E-state index in [1.165, 1.54) is 0 Å². The quantitative estimate of drug-likeness (QED) is 0.419. The van der Waals surface area contributed by atoms with E-state index in [2.05, 4.69) is 31.5 Å². The smallest absolute Gasteiger partial charge is 0.256 e. The van der Waals surface area contributed by atoms with Crippen LogP contribution < -0.4 is 10.6 Å². The highest BCUT2D eigenvalue weighted by Gasteiger charge is 2.13. The van der Waals surface area contributed by atoms with Crippen molar-refractivity contribution in [2.24, 2.45) is 0 Å². The molecule has 1 amide bonds. The van der Waals surface area contributed by atoms with E-state index in [1.54, 1.807) is 17.4 Å². The van der Waals surface area contributed by atoms with Crippen LogP contribution in [0.1, 0.15) is 10.4 Å². The zero-order chi connectivity index (χ0) is 17.9. The third-order valence-electron chi connectivity index (χ3n) is 3.81. The number of nitrogens with zero attached hydrogens (tertiary/aromatic N) is 1. The summed E-state index contributed by atoms with van der Waals surface area (Å²) in [5.74, 6) is -0.171. The first-order valence-electron chi connectivity index (χ1n) is 7.98. The molecular formula is C20H14BrN3OS. The first kappa shape index (κ1) is 16.8. The lowest BCUT2D eigenvalue weighted by atomic mass is 10.2. The monoisotopic (exact) mass is 423 g/mol. The number of aromatic nitrogens is 1. The summed E-state index contributed by atoms with van der Waals surface area (Å²) < 4.78 is 1.77. The zero-order valence-corrected chi connectivity index (χ0v) is 16.0. The van der Waals surface area contributed by atoms with Crippen molar-refractivity contribution >= 4 is 59.9 Å². The van der Waals surface area contributed by atoms with Crippen molar-refractivity contribution in [3.8, 4) is 0 Å². The van der Waals surface area contributed by atoms with Gasteiger partial charge in [0.15, 0.2) is 5.13 Å². The number of para-hydroxylation sites is 2. The molecule has 128 valence electrons. The standard InChI is InChI=1S/C20H14BrN3OS/c21-15-10-5-4-9-14(15)19(25)23-16-11-6-12-17-18(16)24-20(26-17)22-13-7-2-1-3-8-13/h1-12H,(H,22,24)(H,23,25). The summed E-state index contributed by atoms with van der Waals surface area (Å²) in [4.78, 5) is 17.3. The SMILES string of the molecule is O=C(Nc1cccc2sc(Nc3ccccc3)nc12)c1ccccc1Br. The molecule has 6 heteroatoms. The van der Waals surface area contributed by atoms with Gasteiger partial charge in [0, 0.05) is 10.2 Å². The summed E-state index contributed by atoms with van der Waals surface area (Å²) in [6.07, 6.45) is 0. The Morgan fingerprint density at radius 1 is 0.923 bits per heavy atom. The molecule has 4 nitrogen and oxygen atoms in total. The van der Waals surface area contributed by atoms with Crippen LogP contribution in [0.5, 0.6) is 0 Å². The minimum Gasteiger partial charge on any atom is -0.332 e. The Kier molecular flexibility index (Phi) is 4.69. The lowest BCUT2D eigenvalue weighted by Gasteiger charge is -2.07. The molecule has 0 atom stereocenters. The molecule has 0 unspecified atom stereocenters. The van der Waals surface area contributed by atoms with Gasteiger partial charge in [-0.2, -0.15) is 0 Å². The van der Waals surface area contributed by atoms with Crippen LogP contribution in [0.3, 0.4) is 0 Å². The van der Waals surface area contributed by atoms with E-state index in [0.29, 0.717) is 11.3 Å². The fraction of sp³-hybridized carbons (Fsp3) is 0. The van der Waals surface area contributed by atoms with E-state index in [-0.39, 0.29) is 5.91 Å². The summed E-state index contributed by atoms with van der Waals surface area (Å²) in [6.45, 7) is 0. The van der Waals surface area contributed by atoms with E-state index in [0.717, 1.165) is 25.5 Å². The number of halogens is 1. The fourth-order valence-corrected chi connectivity index (χ4v) is 3.96. The fourth-order valence-electron chi connectivity index (χ4n) is 2.58. The molecule has 0 aliphatic carbocycles. The van der Waals surface area contributed by atoms with E-state index >= 15 is 0 Å². The van der Waals surface area contributed by atoms with E-state index in [9.17, 15) is 4.79 Å². The first-order chi connectivity index (χ1) is 12.7. The van der Waals surface area contributed by atoms with Gasteiger partial charge >= 0.3 is 0 Å². The molecule has 0 fully saturated rings. The summed E-state index contributed by atoms with van der Waals surface area (Å²) in [7, 11) is 0. The topological polar surface area (TPSA) is 54.0 Å². The molecule has 26 heavy (non-hydrogen) atoms. The van der Waals surface area contributed by atoms with Gasteiger partial charge in [-0.25, -0.2) is 4.98 Å². The van der Waals surface area contributed by atoms with Crippen LogP contribution in [0.15, 0.2) is 77.3 Å². The number of fused-ring (bicyclic) bond motifs is 1. The Balaban J connectivity index is 1.63. The van der Waals surface area contributed by atoms with Gasteiger partial charge < -0.3 is 10.6 Å². The van der Waals surface area contributed by atoms with Crippen molar-refractivity contribution in [2.45, 2.75) is 0 Å². The predicted octanol–water partition coefficient (Wildman–Crippen LogP) is 6.05. The molecule has 0 saturated carbocycles. The maximum absolute atomic E-state index is 12.6. The minimum atomic E-state index is -0.171. The van der Waals surface area contributed by atoms with Crippen molar-refractivity contribution in [3.05, 3.63) is 82.8 Å². The molecule has 3 aromatic carbocycles. The van der Waals surface area contributed by atoms with E-state index < -0.39 is 0 Å². The Morgan fingerprint density at radius 2 is 1.69 bits per heavy atom. The van der Waals surface area contributed by atoms with Crippen LogP contribution in [0.2, 0.25) is 0 Å². The number of anilines is 3. The largest absolute Gasteiger partial charge is 0.332 e. The van der Waals surface area contributed by atoms with Gasteiger partial charge in [-0.05, 0) is 52.3 Å². The number of hydrogen-bond donors (Lipinski definition) is 2. The van der Waals surface area contributed by atoms with Crippen LogP contribution in [-0.2, 0) is 0 Å². The number of thiazole rings is 1. The molecule has 4 rings (SSSR count). The van der Waals surface area contributed by atoms with Crippen molar-refractivity contribution in [3.63, 3.8) is 0 Å². The summed E-state index contributed by atoms with van der Waals surface area (Å²) >= 11 is 4.97. The number of nitrogens with one attached hydrogen (secondary N) is 2. The maximum atomic E-state index is 12.6. The second kappa shape index (κ2) is 7.27. The van der Waals surface area contributed by atoms with Gasteiger partial charge in [-0.15, -0.1) is 0 Å². The second-order valence-electron chi connectivity index (χ2n) is 5.60. The van der Waals surface area contributed by atoms with Crippen LogP contribution in [-0.4, -0.2) is 10.9 Å². The van der Waals surface area contributed by atoms with Gasteiger partial charge in [0.05, 0.1) is 16.0 Å². The molecule has 1 heterocycles. The lowest BCUT2D eigenvalue weighted by Crippen LogP contribution is -2.12. The summed E-state index contributed by atoms with van der Waals surface area (Å²) in [5, 5.41) is 7.05. The molecular weight excluding hydrogens is 410 g/mol. The molecule has 0 saturated heterocycles. The third-order valence-corrected chi connectivity index (χ3v) is 5.44. The number of hydrogen-bond acceptors (Lipinski definition) is 4. The summed E-state index contributed by atoms with van der Waals surface area (Å²) in [6, 6.07) is 23.0. The molecule has 0 aliphatic rings.